The van der Waals surface area contributed by atoms with E-state index in [0.717, 1.165) is 0 Å². The molecule has 0 aromatic rings. The molecule has 2 atom stereocenters. The quantitative estimate of drug-likeness (QED) is 0.402. The average Bonchev–Trinajstić information content (AvgIpc) is 2.56. The molecule has 25 heavy (non-hydrogen) atoms. The summed E-state index contributed by atoms with van der Waals surface area (Å²) >= 11 is 1.49. The zero-order chi connectivity index (χ0) is 18.8. The van der Waals surface area contributed by atoms with Crippen LogP contribution in [-0.2, 0) is 28.6 Å². The topological polar surface area (TPSA) is 108 Å². The SMILES string of the molecule is COCC1=C(C(=O)OCCOC(=O)C(C)(C)C)N2C(=O)C(N)[C@H]2SC1. The van der Waals surface area contributed by atoms with E-state index < -0.39 is 17.4 Å². The molecule has 1 saturated heterocycles. The van der Waals surface area contributed by atoms with Gasteiger partial charge in [0.2, 0.25) is 5.91 Å². The van der Waals surface area contributed by atoms with Crippen molar-refractivity contribution in [2.45, 2.75) is 32.2 Å². The Morgan fingerprint density at radius 3 is 2.52 bits per heavy atom. The monoisotopic (exact) mass is 372 g/mol. The lowest BCUT2D eigenvalue weighted by Gasteiger charge is -2.48. The first-order valence-corrected chi connectivity index (χ1v) is 8.99. The maximum absolute atomic E-state index is 12.4. The second kappa shape index (κ2) is 7.76. The Labute approximate surface area is 151 Å². The summed E-state index contributed by atoms with van der Waals surface area (Å²) in [7, 11) is 1.52. The van der Waals surface area contributed by atoms with E-state index in [-0.39, 0.29) is 42.8 Å². The summed E-state index contributed by atoms with van der Waals surface area (Å²) in [5, 5.41) is -0.255. The molecule has 0 spiro atoms. The molecule has 8 nitrogen and oxygen atoms in total. The molecular formula is C16H24N2O6S. The maximum atomic E-state index is 12.4. The summed E-state index contributed by atoms with van der Waals surface area (Å²) in [5.74, 6) is -0.776. The van der Waals surface area contributed by atoms with Gasteiger partial charge in [-0.1, -0.05) is 0 Å². The number of methoxy groups -OCH3 is 1. The molecule has 0 aromatic heterocycles. The van der Waals surface area contributed by atoms with Crippen LogP contribution >= 0.6 is 11.8 Å². The molecule has 0 bridgehead atoms. The van der Waals surface area contributed by atoms with E-state index in [1.807, 2.05) is 0 Å². The third-order valence-electron chi connectivity index (χ3n) is 3.76. The fourth-order valence-corrected chi connectivity index (χ4v) is 3.68. The van der Waals surface area contributed by atoms with Crippen LogP contribution in [0.4, 0.5) is 0 Å². The second-order valence-corrected chi connectivity index (χ2v) is 7.95. The lowest BCUT2D eigenvalue weighted by atomic mass is 9.97. The number of rotatable bonds is 6. The van der Waals surface area contributed by atoms with Crippen LogP contribution in [-0.4, -0.2) is 66.8 Å². The minimum atomic E-state index is -0.635. The summed E-state index contributed by atoms with van der Waals surface area (Å²) in [6.07, 6.45) is 0. The third kappa shape index (κ3) is 4.16. The largest absolute Gasteiger partial charge is 0.462 e. The number of amides is 1. The molecule has 2 heterocycles. The smallest absolute Gasteiger partial charge is 0.355 e. The Morgan fingerprint density at radius 1 is 1.28 bits per heavy atom. The van der Waals surface area contributed by atoms with Crippen LogP contribution in [0, 0.1) is 5.41 Å². The van der Waals surface area contributed by atoms with Crippen LogP contribution in [0.5, 0.6) is 0 Å². The number of β-lactam (4-membered cyclic amide) rings is 1. The summed E-state index contributed by atoms with van der Waals surface area (Å²) in [6.45, 7) is 5.31. The first-order chi connectivity index (χ1) is 11.7. The van der Waals surface area contributed by atoms with Crippen molar-refractivity contribution in [3.8, 4) is 0 Å². The van der Waals surface area contributed by atoms with Gasteiger partial charge >= 0.3 is 11.9 Å². The lowest BCUT2D eigenvalue weighted by molar-refractivity contribution is -0.158. The molecule has 0 aromatic carbocycles. The van der Waals surface area contributed by atoms with Crippen molar-refractivity contribution in [1.82, 2.24) is 4.90 Å². The summed E-state index contributed by atoms with van der Waals surface area (Å²) in [6, 6.07) is -0.607. The van der Waals surface area contributed by atoms with Gasteiger partial charge in [-0.3, -0.25) is 14.5 Å². The van der Waals surface area contributed by atoms with Gasteiger partial charge in [-0.25, -0.2) is 4.79 Å². The molecule has 9 heteroatoms. The number of hydrogen-bond acceptors (Lipinski definition) is 8. The Balaban J connectivity index is 1.97. The van der Waals surface area contributed by atoms with Crippen LogP contribution < -0.4 is 5.73 Å². The highest BCUT2D eigenvalue weighted by Crippen LogP contribution is 2.39. The number of carbonyl (C=O) groups excluding carboxylic acids is 3. The van der Waals surface area contributed by atoms with Crippen molar-refractivity contribution in [2.75, 3.05) is 32.7 Å². The highest BCUT2D eigenvalue weighted by molar-refractivity contribution is 8.00. The average molecular weight is 372 g/mol. The van der Waals surface area contributed by atoms with Gasteiger partial charge in [0.1, 0.15) is 30.3 Å². The van der Waals surface area contributed by atoms with Crippen LogP contribution in [0.1, 0.15) is 20.8 Å². The molecule has 1 amide bonds. The number of nitrogens with zero attached hydrogens (tertiary/aromatic N) is 1. The van der Waals surface area contributed by atoms with Crippen molar-refractivity contribution in [3.63, 3.8) is 0 Å². The Hall–Kier alpha value is -1.58. The van der Waals surface area contributed by atoms with Gasteiger partial charge in [-0.2, -0.15) is 0 Å². The van der Waals surface area contributed by atoms with Gasteiger partial charge < -0.3 is 19.9 Å². The summed E-state index contributed by atoms with van der Waals surface area (Å²) in [4.78, 5) is 37.5. The van der Waals surface area contributed by atoms with E-state index in [2.05, 4.69) is 0 Å². The van der Waals surface area contributed by atoms with Crippen molar-refractivity contribution >= 4 is 29.6 Å². The number of thioether (sulfide) groups is 1. The molecule has 2 N–H and O–H groups in total. The Kier molecular flexibility index (Phi) is 6.12. The minimum absolute atomic E-state index is 0.0413. The minimum Gasteiger partial charge on any atom is -0.462 e. The second-order valence-electron chi connectivity index (χ2n) is 6.84. The van der Waals surface area contributed by atoms with Gasteiger partial charge in [0, 0.05) is 12.9 Å². The first kappa shape index (κ1) is 19.7. The highest BCUT2D eigenvalue weighted by Gasteiger charge is 2.52. The first-order valence-electron chi connectivity index (χ1n) is 7.94. The van der Waals surface area contributed by atoms with Crippen molar-refractivity contribution in [1.29, 1.82) is 0 Å². The summed E-state index contributed by atoms with van der Waals surface area (Å²) < 4.78 is 15.3. The molecule has 0 radical (unpaired) electrons. The van der Waals surface area contributed by atoms with Gasteiger partial charge in [-0.15, -0.1) is 11.8 Å². The third-order valence-corrected chi connectivity index (χ3v) is 5.12. The number of ether oxygens (including phenoxy) is 3. The number of hydrogen-bond donors (Lipinski definition) is 1. The molecule has 0 aliphatic carbocycles. The van der Waals surface area contributed by atoms with Gasteiger partial charge in [0.15, 0.2) is 0 Å². The highest BCUT2D eigenvalue weighted by atomic mass is 32.2. The lowest BCUT2D eigenvalue weighted by Crippen LogP contribution is -2.68. The van der Waals surface area contributed by atoms with Gasteiger partial charge in [0.25, 0.3) is 0 Å². The molecule has 2 aliphatic rings. The maximum Gasteiger partial charge on any atom is 0.355 e. The molecule has 0 saturated carbocycles. The molecule has 2 aliphatic heterocycles. The van der Waals surface area contributed by atoms with E-state index in [1.165, 1.54) is 23.8 Å². The van der Waals surface area contributed by atoms with Crippen molar-refractivity contribution < 1.29 is 28.6 Å². The van der Waals surface area contributed by atoms with E-state index in [9.17, 15) is 14.4 Å². The Bertz CT molecular complexity index is 598. The van der Waals surface area contributed by atoms with Crippen LogP contribution in [0.3, 0.4) is 0 Å². The number of carbonyl (C=O) groups is 3. The fraction of sp³-hybridized carbons (Fsp3) is 0.688. The molecule has 1 fully saturated rings. The van der Waals surface area contributed by atoms with E-state index >= 15 is 0 Å². The molecule has 2 rings (SSSR count). The van der Waals surface area contributed by atoms with E-state index in [1.54, 1.807) is 20.8 Å². The van der Waals surface area contributed by atoms with E-state index in [4.69, 9.17) is 19.9 Å². The Morgan fingerprint density at radius 2 is 1.92 bits per heavy atom. The predicted octanol–water partition coefficient (Wildman–Crippen LogP) is 0.262. The van der Waals surface area contributed by atoms with E-state index in [0.29, 0.717) is 11.3 Å². The zero-order valence-corrected chi connectivity index (χ0v) is 15.7. The van der Waals surface area contributed by atoms with Crippen molar-refractivity contribution in [2.24, 2.45) is 11.1 Å². The fourth-order valence-electron chi connectivity index (χ4n) is 2.41. The normalized spacial score (nSPS) is 23.1. The molecule has 140 valence electrons. The predicted molar refractivity (Wildman–Crippen MR) is 91.3 cm³/mol. The van der Waals surface area contributed by atoms with Gasteiger partial charge in [0.05, 0.1) is 12.0 Å². The number of esters is 2. The molecular weight excluding hydrogens is 348 g/mol. The standard InChI is InChI=1S/C16H24N2O6S/c1-16(2,3)15(21)24-6-5-23-14(20)11-9(7-22-4)8-25-13-10(17)12(19)18(11)13/h10,13H,5-8,17H2,1-4H3/t10?,13-/m1/s1. The number of nitrogens with two attached hydrogens (primary N) is 1. The van der Waals surface area contributed by atoms with Crippen LogP contribution in [0.25, 0.3) is 0 Å². The molecule has 1 unspecified atom stereocenters. The van der Waals surface area contributed by atoms with Crippen molar-refractivity contribution in [3.05, 3.63) is 11.3 Å². The summed E-state index contributed by atoms with van der Waals surface area (Å²) in [5.41, 5.74) is 6.03. The zero-order valence-electron chi connectivity index (χ0n) is 14.9. The van der Waals surface area contributed by atoms with Crippen LogP contribution in [0.2, 0.25) is 0 Å². The number of fused-ring (bicyclic) bond motifs is 1. The van der Waals surface area contributed by atoms with Gasteiger partial charge in [-0.05, 0) is 26.3 Å². The van der Waals surface area contributed by atoms with Crippen LogP contribution in [0.15, 0.2) is 11.3 Å².